The molecule has 3 rings (SSSR count). The van der Waals surface area contributed by atoms with Crippen molar-refractivity contribution in [1.82, 2.24) is 4.98 Å². The zero-order valence-corrected chi connectivity index (χ0v) is 12.5. The summed E-state index contributed by atoms with van der Waals surface area (Å²) in [6.45, 7) is 1.57. The van der Waals surface area contributed by atoms with Crippen LogP contribution < -0.4 is 10.1 Å². The van der Waals surface area contributed by atoms with Crippen molar-refractivity contribution in [2.45, 2.75) is 13.0 Å². The number of ether oxygens (including phenoxy) is 1. The summed E-state index contributed by atoms with van der Waals surface area (Å²) < 4.78 is 19.0. The number of amides is 1. The number of para-hydroxylation sites is 2. The molecule has 1 atom stereocenters. The minimum Gasteiger partial charge on any atom is -0.478 e. The van der Waals surface area contributed by atoms with Crippen molar-refractivity contribution in [2.75, 3.05) is 5.32 Å². The van der Waals surface area contributed by atoms with Gasteiger partial charge in [0.05, 0.1) is 11.2 Å². The molecule has 0 bridgehead atoms. The van der Waals surface area contributed by atoms with Crippen LogP contribution in [-0.2, 0) is 4.79 Å². The van der Waals surface area contributed by atoms with E-state index in [1.165, 1.54) is 12.1 Å². The highest BCUT2D eigenvalue weighted by atomic mass is 19.1. The summed E-state index contributed by atoms with van der Waals surface area (Å²) >= 11 is 0. The molecule has 0 saturated heterocycles. The van der Waals surface area contributed by atoms with Crippen molar-refractivity contribution in [1.29, 1.82) is 0 Å². The smallest absolute Gasteiger partial charge is 0.265 e. The largest absolute Gasteiger partial charge is 0.478 e. The monoisotopic (exact) mass is 310 g/mol. The molecule has 0 radical (unpaired) electrons. The molecule has 0 saturated carbocycles. The van der Waals surface area contributed by atoms with E-state index in [1.807, 2.05) is 24.3 Å². The lowest BCUT2D eigenvalue weighted by atomic mass is 10.2. The van der Waals surface area contributed by atoms with E-state index in [0.29, 0.717) is 11.2 Å². The van der Waals surface area contributed by atoms with Gasteiger partial charge in [0.25, 0.3) is 5.91 Å². The highest BCUT2D eigenvalue weighted by molar-refractivity contribution is 6.01. The van der Waals surface area contributed by atoms with Crippen LogP contribution in [0.1, 0.15) is 6.92 Å². The lowest BCUT2D eigenvalue weighted by molar-refractivity contribution is -0.122. The van der Waals surface area contributed by atoms with Crippen LogP contribution in [0.15, 0.2) is 60.8 Å². The second-order valence-electron chi connectivity index (χ2n) is 5.06. The first-order chi connectivity index (χ1) is 11.1. The maximum Gasteiger partial charge on any atom is 0.265 e. The molecule has 116 valence electrons. The molecule has 1 N–H and O–H groups in total. The molecule has 0 spiro atoms. The Kier molecular flexibility index (Phi) is 4.19. The topological polar surface area (TPSA) is 51.2 Å². The van der Waals surface area contributed by atoms with Gasteiger partial charge in [-0.05, 0) is 31.2 Å². The molecular formula is C18H15FN2O2. The van der Waals surface area contributed by atoms with E-state index >= 15 is 0 Å². The van der Waals surface area contributed by atoms with Crippen molar-refractivity contribution in [3.05, 3.63) is 66.6 Å². The number of hydrogen-bond donors (Lipinski definition) is 1. The van der Waals surface area contributed by atoms with E-state index < -0.39 is 11.9 Å². The van der Waals surface area contributed by atoms with Gasteiger partial charge in [-0.25, -0.2) is 4.39 Å². The van der Waals surface area contributed by atoms with E-state index in [0.717, 1.165) is 5.39 Å². The van der Waals surface area contributed by atoms with Gasteiger partial charge in [-0.2, -0.15) is 0 Å². The lowest BCUT2D eigenvalue weighted by Gasteiger charge is -2.15. The Morgan fingerprint density at radius 1 is 1.13 bits per heavy atom. The predicted molar refractivity (Wildman–Crippen MR) is 86.9 cm³/mol. The van der Waals surface area contributed by atoms with Gasteiger partial charge in [-0.15, -0.1) is 0 Å². The van der Waals surface area contributed by atoms with E-state index in [9.17, 15) is 9.18 Å². The summed E-state index contributed by atoms with van der Waals surface area (Å²) in [5.41, 5.74) is 1.29. The summed E-state index contributed by atoms with van der Waals surface area (Å²) in [7, 11) is 0. The standard InChI is InChI=1S/C18H15FN2O2/c1-12(23-16-10-3-2-8-14(16)19)18(22)21-15-9-4-6-13-7-5-11-20-17(13)15/h2-12H,1H3,(H,21,22)/t12-/m1/s1. The van der Waals surface area contributed by atoms with Crippen molar-refractivity contribution < 1.29 is 13.9 Å². The molecule has 0 unspecified atom stereocenters. The van der Waals surface area contributed by atoms with Crippen molar-refractivity contribution in [2.24, 2.45) is 0 Å². The Labute approximate surface area is 132 Å². The molecule has 0 aliphatic rings. The van der Waals surface area contributed by atoms with Crippen LogP contribution in [0.25, 0.3) is 10.9 Å². The Balaban J connectivity index is 1.77. The first-order valence-corrected chi connectivity index (χ1v) is 7.21. The molecule has 23 heavy (non-hydrogen) atoms. The number of halogens is 1. The van der Waals surface area contributed by atoms with Crippen LogP contribution in [-0.4, -0.2) is 17.0 Å². The molecule has 1 amide bonds. The lowest BCUT2D eigenvalue weighted by Crippen LogP contribution is -2.30. The Morgan fingerprint density at radius 3 is 2.74 bits per heavy atom. The van der Waals surface area contributed by atoms with E-state index in [4.69, 9.17) is 4.74 Å². The normalized spacial score (nSPS) is 11.9. The van der Waals surface area contributed by atoms with Crippen molar-refractivity contribution in [3.8, 4) is 5.75 Å². The number of fused-ring (bicyclic) bond motifs is 1. The molecule has 4 nitrogen and oxygen atoms in total. The zero-order chi connectivity index (χ0) is 16.2. The van der Waals surface area contributed by atoms with Gasteiger partial charge in [-0.1, -0.05) is 30.3 Å². The Bertz CT molecular complexity index is 846. The van der Waals surface area contributed by atoms with E-state index in [-0.39, 0.29) is 11.7 Å². The second-order valence-corrected chi connectivity index (χ2v) is 5.06. The molecule has 3 aromatic rings. The van der Waals surface area contributed by atoms with Crippen LogP contribution in [0.2, 0.25) is 0 Å². The van der Waals surface area contributed by atoms with Crippen LogP contribution >= 0.6 is 0 Å². The first-order valence-electron chi connectivity index (χ1n) is 7.21. The fraction of sp³-hybridized carbons (Fsp3) is 0.111. The average Bonchev–Trinajstić information content (AvgIpc) is 2.57. The SMILES string of the molecule is C[C@@H](Oc1ccccc1F)C(=O)Nc1cccc2cccnc12. The van der Waals surface area contributed by atoms with Gasteiger partial charge in [0.2, 0.25) is 0 Å². The van der Waals surface area contributed by atoms with Gasteiger partial charge in [0.15, 0.2) is 17.7 Å². The van der Waals surface area contributed by atoms with Gasteiger partial charge in [0.1, 0.15) is 0 Å². The summed E-state index contributed by atoms with van der Waals surface area (Å²) in [5.74, 6) is -0.823. The summed E-state index contributed by atoms with van der Waals surface area (Å²) in [6.07, 6.45) is 0.822. The highest BCUT2D eigenvalue weighted by Crippen LogP contribution is 2.22. The number of aromatic nitrogens is 1. The fourth-order valence-corrected chi connectivity index (χ4v) is 2.22. The van der Waals surface area contributed by atoms with Gasteiger partial charge in [0, 0.05) is 11.6 Å². The number of benzene rings is 2. The molecule has 1 aromatic heterocycles. The van der Waals surface area contributed by atoms with E-state index in [2.05, 4.69) is 10.3 Å². The molecule has 0 fully saturated rings. The number of anilines is 1. The molecule has 0 aliphatic carbocycles. The van der Waals surface area contributed by atoms with Crippen molar-refractivity contribution in [3.63, 3.8) is 0 Å². The Hall–Kier alpha value is -2.95. The molecular weight excluding hydrogens is 295 g/mol. The third kappa shape index (κ3) is 3.29. The number of hydrogen-bond acceptors (Lipinski definition) is 3. The molecule has 2 aromatic carbocycles. The highest BCUT2D eigenvalue weighted by Gasteiger charge is 2.17. The fourth-order valence-electron chi connectivity index (χ4n) is 2.22. The van der Waals surface area contributed by atoms with Crippen molar-refractivity contribution >= 4 is 22.5 Å². The van der Waals surface area contributed by atoms with Crippen LogP contribution in [0.3, 0.4) is 0 Å². The van der Waals surface area contributed by atoms with E-state index in [1.54, 1.807) is 31.3 Å². The molecule has 1 heterocycles. The quantitative estimate of drug-likeness (QED) is 0.798. The number of rotatable bonds is 4. The van der Waals surface area contributed by atoms with Gasteiger partial charge in [-0.3, -0.25) is 9.78 Å². The summed E-state index contributed by atoms with van der Waals surface area (Å²) in [6, 6.07) is 15.2. The minimum absolute atomic E-state index is 0.0474. The van der Waals surface area contributed by atoms with Gasteiger partial charge >= 0.3 is 0 Å². The number of nitrogens with one attached hydrogen (secondary N) is 1. The zero-order valence-electron chi connectivity index (χ0n) is 12.5. The second kappa shape index (κ2) is 6.44. The van der Waals surface area contributed by atoms with Gasteiger partial charge < -0.3 is 10.1 Å². The minimum atomic E-state index is -0.842. The maximum absolute atomic E-state index is 13.6. The van der Waals surface area contributed by atoms with Crippen LogP contribution in [0.5, 0.6) is 5.75 Å². The summed E-state index contributed by atoms with van der Waals surface area (Å²) in [4.78, 5) is 16.6. The molecule has 0 aliphatic heterocycles. The number of pyridine rings is 1. The third-order valence-corrected chi connectivity index (χ3v) is 3.40. The van der Waals surface area contributed by atoms with Crippen LogP contribution in [0, 0.1) is 5.82 Å². The number of nitrogens with zero attached hydrogens (tertiary/aromatic N) is 1. The number of carbonyl (C=O) groups excluding carboxylic acids is 1. The third-order valence-electron chi connectivity index (χ3n) is 3.40. The Morgan fingerprint density at radius 2 is 1.91 bits per heavy atom. The predicted octanol–water partition coefficient (Wildman–Crippen LogP) is 3.78. The maximum atomic E-state index is 13.6. The molecule has 5 heteroatoms. The average molecular weight is 310 g/mol. The van der Waals surface area contributed by atoms with Crippen LogP contribution in [0.4, 0.5) is 10.1 Å². The summed E-state index contributed by atoms with van der Waals surface area (Å²) in [5, 5.41) is 3.70. The number of carbonyl (C=O) groups is 1. The first kappa shape index (κ1) is 15.0.